The Balaban J connectivity index is 1.52. The first-order valence-corrected chi connectivity index (χ1v) is 10.4. The molecule has 1 saturated heterocycles. The van der Waals surface area contributed by atoms with Crippen molar-refractivity contribution in [3.8, 4) is 0 Å². The highest BCUT2D eigenvalue weighted by molar-refractivity contribution is 6.30. The number of nitrogens with one attached hydrogen (secondary N) is 4. The molecule has 2 aliphatic rings. The lowest BCUT2D eigenvalue weighted by molar-refractivity contribution is -0.115. The van der Waals surface area contributed by atoms with Gasteiger partial charge >= 0.3 is 6.03 Å². The molecular formula is C21H20ClN7O2. The van der Waals surface area contributed by atoms with E-state index < -0.39 is 11.9 Å². The van der Waals surface area contributed by atoms with E-state index >= 15 is 0 Å². The third-order valence-electron chi connectivity index (χ3n) is 5.18. The maximum Gasteiger partial charge on any atom is 0.326 e. The molecule has 0 radical (unpaired) electrons. The van der Waals surface area contributed by atoms with Gasteiger partial charge in [-0.2, -0.15) is 9.61 Å². The summed E-state index contributed by atoms with van der Waals surface area (Å²) in [4.78, 5) is 28.1. The predicted octanol–water partition coefficient (Wildman–Crippen LogP) is 3.31. The van der Waals surface area contributed by atoms with Crippen molar-refractivity contribution in [2.24, 2.45) is 0 Å². The number of aromatic nitrogens is 3. The average molecular weight is 438 g/mol. The van der Waals surface area contributed by atoms with Crippen molar-refractivity contribution >= 4 is 46.9 Å². The van der Waals surface area contributed by atoms with Crippen molar-refractivity contribution in [2.45, 2.75) is 31.8 Å². The third-order valence-corrected chi connectivity index (χ3v) is 5.43. The van der Waals surface area contributed by atoms with Gasteiger partial charge in [0.25, 0.3) is 5.91 Å². The molecule has 0 bridgehead atoms. The molecule has 3 heterocycles. The summed E-state index contributed by atoms with van der Waals surface area (Å²) in [5.74, 6) is 0.993. The SMILES string of the molecule is CC(Nc1cc(NC2CC2)n2ncc(/C=C3\NC(=O)NC3=O)c2n1)c1ccc(Cl)cc1. The van der Waals surface area contributed by atoms with Crippen molar-refractivity contribution in [1.29, 1.82) is 0 Å². The summed E-state index contributed by atoms with van der Waals surface area (Å²) in [6.45, 7) is 2.04. The van der Waals surface area contributed by atoms with Crippen LogP contribution in [0.2, 0.25) is 5.02 Å². The zero-order valence-electron chi connectivity index (χ0n) is 16.6. The number of carbonyl (C=O) groups excluding carboxylic acids is 2. The van der Waals surface area contributed by atoms with Gasteiger partial charge in [0, 0.05) is 28.7 Å². The van der Waals surface area contributed by atoms with E-state index in [4.69, 9.17) is 16.6 Å². The number of fused-ring (bicyclic) bond motifs is 1. The average Bonchev–Trinajstić information content (AvgIpc) is 3.37. The lowest BCUT2D eigenvalue weighted by Gasteiger charge is -2.17. The Morgan fingerprint density at radius 2 is 2.00 bits per heavy atom. The topological polar surface area (TPSA) is 112 Å². The first kappa shape index (κ1) is 19.4. The molecule has 1 unspecified atom stereocenters. The Hall–Kier alpha value is -3.59. The predicted molar refractivity (Wildman–Crippen MR) is 118 cm³/mol. The smallest absolute Gasteiger partial charge is 0.326 e. The molecule has 5 rings (SSSR count). The molecule has 2 fully saturated rings. The minimum atomic E-state index is -0.545. The second-order valence-electron chi connectivity index (χ2n) is 7.66. The van der Waals surface area contributed by atoms with E-state index in [1.54, 1.807) is 16.8 Å². The van der Waals surface area contributed by atoms with Gasteiger partial charge in [-0.05, 0) is 43.5 Å². The Morgan fingerprint density at radius 3 is 2.68 bits per heavy atom. The van der Waals surface area contributed by atoms with E-state index in [1.807, 2.05) is 37.3 Å². The molecule has 4 N–H and O–H groups in total. The maximum absolute atomic E-state index is 11.9. The molecule has 10 heteroatoms. The standard InChI is InChI=1S/C21H20ClN7O2/c1-11(12-2-4-14(22)5-3-12)24-17-9-18(25-15-6-7-15)29-19(27-17)13(10-23-29)8-16-20(30)28-21(31)26-16/h2-5,8-11,15,25H,6-7H2,1H3,(H,24,27)(H2,26,28,30,31)/b16-8-. The number of benzene rings is 1. The summed E-state index contributed by atoms with van der Waals surface area (Å²) >= 11 is 6.00. The minimum absolute atomic E-state index is 0.00869. The number of imide groups is 1. The van der Waals surface area contributed by atoms with E-state index in [-0.39, 0.29) is 11.7 Å². The quantitative estimate of drug-likeness (QED) is 0.347. The monoisotopic (exact) mass is 437 g/mol. The Morgan fingerprint density at radius 1 is 1.23 bits per heavy atom. The minimum Gasteiger partial charge on any atom is -0.367 e. The number of halogens is 1. The van der Waals surface area contributed by atoms with Crippen LogP contribution in [-0.4, -0.2) is 32.6 Å². The first-order valence-electron chi connectivity index (χ1n) is 9.97. The summed E-state index contributed by atoms with van der Waals surface area (Å²) in [5.41, 5.74) is 2.42. The van der Waals surface area contributed by atoms with Gasteiger partial charge in [0.1, 0.15) is 17.3 Å². The van der Waals surface area contributed by atoms with Crippen LogP contribution in [0.1, 0.15) is 36.9 Å². The fraction of sp³-hybridized carbons (Fsp3) is 0.238. The molecule has 1 aliphatic heterocycles. The van der Waals surface area contributed by atoms with Gasteiger partial charge in [-0.25, -0.2) is 9.78 Å². The number of urea groups is 1. The van der Waals surface area contributed by atoms with Gasteiger partial charge in [0.05, 0.1) is 6.20 Å². The fourth-order valence-electron chi connectivity index (χ4n) is 3.39. The molecule has 1 aromatic carbocycles. The number of carbonyl (C=O) groups is 2. The number of nitrogens with zero attached hydrogens (tertiary/aromatic N) is 3. The number of rotatable bonds is 6. The molecule has 9 nitrogen and oxygen atoms in total. The van der Waals surface area contributed by atoms with Gasteiger partial charge in [0.15, 0.2) is 5.65 Å². The van der Waals surface area contributed by atoms with E-state index in [0.717, 1.165) is 24.2 Å². The van der Waals surface area contributed by atoms with Gasteiger partial charge < -0.3 is 16.0 Å². The molecule has 1 saturated carbocycles. The first-order chi connectivity index (χ1) is 15.0. The van der Waals surface area contributed by atoms with Gasteiger partial charge in [-0.15, -0.1) is 0 Å². The van der Waals surface area contributed by atoms with Crippen LogP contribution in [0.5, 0.6) is 0 Å². The van der Waals surface area contributed by atoms with Gasteiger partial charge in [0.2, 0.25) is 0 Å². The van der Waals surface area contributed by atoms with Crippen molar-refractivity contribution in [3.63, 3.8) is 0 Å². The number of anilines is 2. The summed E-state index contributed by atoms with van der Waals surface area (Å²) < 4.78 is 1.71. The van der Waals surface area contributed by atoms with Crippen molar-refractivity contribution in [2.75, 3.05) is 10.6 Å². The number of amides is 3. The van der Waals surface area contributed by atoms with Crippen molar-refractivity contribution < 1.29 is 9.59 Å². The summed E-state index contributed by atoms with van der Waals surface area (Å²) in [7, 11) is 0. The summed E-state index contributed by atoms with van der Waals surface area (Å²) in [5, 5.41) is 16.7. The molecular weight excluding hydrogens is 418 g/mol. The Labute approximate surface area is 182 Å². The normalized spacial score (nSPS) is 18.2. The highest BCUT2D eigenvalue weighted by Crippen LogP contribution is 2.29. The van der Waals surface area contributed by atoms with E-state index in [1.165, 1.54) is 0 Å². The number of hydrogen-bond donors (Lipinski definition) is 4. The highest BCUT2D eigenvalue weighted by Gasteiger charge is 2.25. The molecule has 31 heavy (non-hydrogen) atoms. The van der Waals surface area contributed by atoms with Gasteiger partial charge in [-0.1, -0.05) is 23.7 Å². The zero-order chi connectivity index (χ0) is 21.5. The molecule has 0 spiro atoms. The second kappa shape index (κ2) is 7.59. The third kappa shape index (κ3) is 4.04. The van der Waals surface area contributed by atoms with Crippen LogP contribution in [0.4, 0.5) is 16.4 Å². The number of hydrogen-bond acceptors (Lipinski definition) is 6. The lowest BCUT2D eigenvalue weighted by Crippen LogP contribution is -2.22. The second-order valence-corrected chi connectivity index (χ2v) is 8.10. The van der Waals surface area contributed by atoms with Crippen molar-refractivity contribution in [3.05, 3.63) is 58.4 Å². The summed E-state index contributed by atoms with van der Waals surface area (Å²) in [6.07, 6.45) is 5.41. The Bertz CT molecular complexity index is 1210. The van der Waals surface area contributed by atoms with Crippen LogP contribution in [0.3, 0.4) is 0 Å². The van der Waals surface area contributed by atoms with Crippen LogP contribution in [0.25, 0.3) is 11.7 Å². The zero-order valence-corrected chi connectivity index (χ0v) is 17.4. The van der Waals surface area contributed by atoms with E-state index in [0.29, 0.717) is 28.1 Å². The Kier molecular flexibility index (Phi) is 4.74. The summed E-state index contributed by atoms with van der Waals surface area (Å²) in [6, 6.07) is 9.43. The largest absolute Gasteiger partial charge is 0.367 e. The molecule has 1 atom stereocenters. The molecule has 158 valence electrons. The van der Waals surface area contributed by atoms with Gasteiger partial charge in [-0.3, -0.25) is 10.1 Å². The van der Waals surface area contributed by atoms with Crippen LogP contribution in [-0.2, 0) is 4.79 Å². The highest BCUT2D eigenvalue weighted by atomic mass is 35.5. The molecule has 3 amide bonds. The maximum atomic E-state index is 11.9. The molecule has 1 aliphatic carbocycles. The van der Waals surface area contributed by atoms with Crippen LogP contribution >= 0.6 is 11.6 Å². The fourth-order valence-corrected chi connectivity index (χ4v) is 3.52. The van der Waals surface area contributed by atoms with E-state index in [2.05, 4.69) is 26.4 Å². The van der Waals surface area contributed by atoms with Crippen molar-refractivity contribution in [1.82, 2.24) is 25.2 Å². The van der Waals surface area contributed by atoms with Crippen LogP contribution in [0, 0.1) is 0 Å². The van der Waals surface area contributed by atoms with E-state index in [9.17, 15) is 9.59 Å². The lowest BCUT2D eigenvalue weighted by atomic mass is 10.1. The molecule has 3 aromatic rings. The van der Waals surface area contributed by atoms with Crippen LogP contribution in [0.15, 0.2) is 42.2 Å². The molecule has 2 aromatic heterocycles. The van der Waals surface area contributed by atoms with Crippen LogP contribution < -0.4 is 21.3 Å².